The maximum Gasteiger partial charge on any atom is 0.346 e. The summed E-state index contributed by atoms with van der Waals surface area (Å²) in [6, 6.07) is 13.9. The van der Waals surface area contributed by atoms with Crippen LogP contribution in [-0.4, -0.2) is 36.2 Å². The zero-order valence-electron chi connectivity index (χ0n) is 14.0. The van der Waals surface area contributed by atoms with Gasteiger partial charge in [-0.15, -0.1) is 0 Å². The highest BCUT2D eigenvalue weighted by atomic mass is 32.2. The highest BCUT2D eigenvalue weighted by Gasteiger charge is 2.38. The summed E-state index contributed by atoms with van der Waals surface area (Å²) in [6.07, 6.45) is -0.0782. The molecule has 0 aliphatic carbocycles. The summed E-state index contributed by atoms with van der Waals surface area (Å²) in [5.41, 5.74) is 0.668. The lowest BCUT2D eigenvalue weighted by Crippen LogP contribution is -2.20. The van der Waals surface area contributed by atoms with Crippen LogP contribution in [0.25, 0.3) is 0 Å². The number of sulfone groups is 1. The van der Waals surface area contributed by atoms with Crippen molar-refractivity contribution in [2.45, 2.75) is 34.0 Å². The third kappa shape index (κ3) is 5.71. The second-order valence-electron chi connectivity index (χ2n) is 5.91. The smallest absolute Gasteiger partial charge is 0.323 e. The van der Waals surface area contributed by atoms with Crippen LogP contribution in [0.5, 0.6) is 0 Å². The van der Waals surface area contributed by atoms with Crippen molar-refractivity contribution in [1.82, 2.24) is 0 Å². The van der Waals surface area contributed by atoms with Crippen molar-refractivity contribution >= 4 is 27.6 Å². The molecule has 2 aromatic carbocycles. The van der Waals surface area contributed by atoms with E-state index in [9.17, 15) is 21.4 Å². The van der Waals surface area contributed by atoms with Crippen molar-refractivity contribution in [1.29, 1.82) is 0 Å². The Balaban J connectivity index is 2.07. The van der Waals surface area contributed by atoms with E-state index >= 15 is 0 Å². The van der Waals surface area contributed by atoms with Crippen LogP contribution in [-0.2, 0) is 30.9 Å². The van der Waals surface area contributed by atoms with Gasteiger partial charge in [0.15, 0.2) is 4.99 Å². The Kier molecular flexibility index (Phi) is 6.62. The number of rotatable bonds is 8. The van der Waals surface area contributed by atoms with Crippen molar-refractivity contribution < 1.29 is 35.7 Å². The zero-order chi connectivity index (χ0) is 20.3. The Bertz CT molecular complexity index is 1030. The molecule has 3 N–H and O–H groups in total. The van der Waals surface area contributed by atoms with E-state index in [1.165, 1.54) is 24.3 Å². The first kappa shape index (κ1) is 21.7. The summed E-state index contributed by atoms with van der Waals surface area (Å²) in [5, 5.41) is 0. The summed E-state index contributed by atoms with van der Waals surface area (Å²) in [6.45, 7) is 0. The normalized spacial score (nSPS) is 14.0. The predicted molar refractivity (Wildman–Crippen MR) is 98.7 cm³/mol. The van der Waals surface area contributed by atoms with Gasteiger partial charge in [0.25, 0.3) is 10.1 Å². The van der Waals surface area contributed by atoms with Gasteiger partial charge < -0.3 is 9.79 Å². The van der Waals surface area contributed by atoms with Gasteiger partial charge in [-0.05, 0) is 49.1 Å². The molecule has 2 rings (SSSR count). The fourth-order valence-corrected chi connectivity index (χ4v) is 6.20. The molecule has 1 unspecified atom stereocenters. The van der Waals surface area contributed by atoms with Crippen molar-refractivity contribution in [3.63, 3.8) is 0 Å². The molecule has 0 amide bonds. The molecule has 0 heterocycles. The standard InChI is InChI=1S/C16H19O8PS2/c17-25(18,19)16(27(22,23)24)8-4-5-13-9-11-15(12-10-13)26(20,21)14-6-2-1-3-7-14/h1-3,6-7,9-12,16H,4-5,8H2,(H2,17,18,19)(H,22,23,24). The lowest BCUT2D eigenvalue weighted by atomic mass is 10.1. The van der Waals surface area contributed by atoms with Gasteiger partial charge in [-0.25, -0.2) is 8.42 Å². The fraction of sp³-hybridized carbons (Fsp3) is 0.250. The van der Waals surface area contributed by atoms with E-state index in [0.717, 1.165) is 0 Å². The van der Waals surface area contributed by atoms with Crippen molar-refractivity contribution in [2.24, 2.45) is 0 Å². The van der Waals surface area contributed by atoms with Crippen molar-refractivity contribution in [3.05, 3.63) is 60.2 Å². The summed E-state index contributed by atoms with van der Waals surface area (Å²) in [5.74, 6) is 0. The quantitative estimate of drug-likeness (QED) is 0.423. The molecule has 0 bridgehead atoms. The second kappa shape index (κ2) is 8.22. The van der Waals surface area contributed by atoms with Crippen LogP contribution in [0.15, 0.2) is 64.4 Å². The summed E-state index contributed by atoms with van der Waals surface area (Å²) in [4.78, 5) is 16.2. The van der Waals surface area contributed by atoms with E-state index < -0.39 is 39.0 Å². The maximum atomic E-state index is 12.5. The van der Waals surface area contributed by atoms with Gasteiger partial charge in [-0.2, -0.15) is 8.42 Å². The van der Waals surface area contributed by atoms with Gasteiger partial charge in [0.2, 0.25) is 9.84 Å². The Morgan fingerprint density at radius 3 is 1.85 bits per heavy atom. The molecular formula is C16H19O8PS2. The molecule has 0 saturated heterocycles. The molecule has 0 aliphatic rings. The Hall–Kier alpha value is -1.55. The topological polar surface area (TPSA) is 146 Å². The van der Waals surface area contributed by atoms with E-state index in [0.29, 0.717) is 5.56 Å². The minimum Gasteiger partial charge on any atom is -0.323 e. The molecule has 0 spiro atoms. The SMILES string of the molecule is O=P(O)(O)C(CCCc1ccc(S(=O)(=O)c2ccccc2)cc1)S(=O)(=O)O. The van der Waals surface area contributed by atoms with Gasteiger partial charge in [0, 0.05) is 0 Å². The second-order valence-corrected chi connectivity index (χ2v) is 11.6. The van der Waals surface area contributed by atoms with E-state index in [4.69, 9.17) is 14.3 Å². The van der Waals surface area contributed by atoms with Crippen LogP contribution in [0, 0.1) is 0 Å². The van der Waals surface area contributed by atoms with Gasteiger partial charge >= 0.3 is 7.60 Å². The van der Waals surface area contributed by atoms with Crippen LogP contribution < -0.4 is 0 Å². The Morgan fingerprint density at radius 1 is 0.852 bits per heavy atom. The average molecular weight is 434 g/mol. The first-order chi connectivity index (χ1) is 12.4. The molecule has 0 radical (unpaired) electrons. The molecule has 1 atom stereocenters. The van der Waals surface area contributed by atoms with Crippen LogP contribution in [0.3, 0.4) is 0 Å². The highest BCUT2D eigenvalue weighted by molar-refractivity contribution is 7.93. The molecule has 11 heteroatoms. The molecule has 0 saturated carbocycles. The van der Waals surface area contributed by atoms with Crippen LogP contribution in [0.4, 0.5) is 0 Å². The van der Waals surface area contributed by atoms with E-state index in [-0.39, 0.29) is 22.6 Å². The largest absolute Gasteiger partial charge is 0.346 e. The predicted octanol–water partition coefficient (Wildman–Crippen LogP) is 2.23. The van der Waals surface area contributed by atoms with Crippen LogP contribution in [0.2, 0.25) is 0 Å². The van der Waals surface area contributed by atoms with Crippen LogP contribution >= 0.6 is 7.60 Å². The van der Waals surface area contributed by atoms with E-state index in [1.54, 1.807) is 30.3 Å². The minimum absolute atomic E-state index is 0.0837. The number of benzene rings is 2. The molecule has 0 fully saturated rings. The third-order valence-corrected chi connectivity index (χ3v) is 9.26. The molecule has 27 heavy (non-hydrogen) atoms. The highest BCUT2D eigenvalue weighted by Crippen LogP contribution is 2.46. The zero-order valence-corrected chi connectivity index (χ0v) is 16.6. The monoisotopic (exact) mass is 434 g/mol. The first-order valence-corrected chi connectivity index (χ1v) is 12.5. The average Bonchev–Trinajstić information content (AvgIpc) is 2.57. The number of hydrogen-bond acceptors (Lipinski definition) is 5. The number of aryl methyl sites for hydroxylation is 1. The van der Waals surface area contributed by atoms with E-state index in [1.807, 2.05) is 0 Å². The van der Waals surface area contributed by atoms with Gasteiger partial charge in [-0.1, -0.05) is 30.3 Å². The molecule has 8 nitrogen and oxygen atoms in total. The first-order valence-electron chi connectivity index (χ1n) is 7.83. The fourth-order valence-electron chi connectivity index (χ4n) is 2.54. The van der Waals surface area contributed by atoms with Gasteiger partial charge in [0.05, 0.1) is 9.79 Å². The summed E-state index contributed by atoms with van der Waals surface area (Å²) in [7, 11) is -13.5. The Morgan fingerprint density at radius 2 is 1.37 bits per heavy atom. The molecule has 2 aromatic rings. The lowest BCUT2D eigenvalue weighted by molar-refractivity contribution is 0.360. The summed E-state index contributed by atoms with van der Waals surface area (Å²) >= 11 is 0. The molecular weight excluding hydrogens is 415 g/mol. The van der Waals surface area contributed by atoms with Gasteiger partial charge in [-0.3, -0.25) is 9.12 Å². The minimum atomic E-state index is -5.00. The van der Waals surface area contributed by atoms with Crippen molar-refractivity contribution in [2.75, 3.05) is 0 Å². The van der Waals surface area contributed by atoms with Crippen LogP contribution in [0.1, 0.15) is 18.4 Å². The van der Waals surface area contributed by atoms with Crippen molar-refractivity contribution in [3.8, 4) is 0 Å². The lowest BCUT2D eigenvalue weighted by Gasteiger charge is -2.15. The molecule has 0 aliphatic heterocycles. The molecule has 148 valence electrons. The summed E-state index contributed by atoms with van der Waals surface area (Å²) < 4.78 is 67.3. The van der Waals surface area contributed by atoms with E-state index in [2.05, 4.69) is 0 Å². The Labute approximate surface area is 157 Å². The molecule has 0 aromatic heterocycles. The number of hydrogen-bond donors (Lipinski definition) is 3. The van der Waals surface area contributed by atoms with Gasteiger partial charge in [0.1, 0.15) is 0 Å². The third-order valence-electron chi connectivity index (χ3n) is 3.92. The maximum absolute atomic E-state index is 12.5.